The Morgan fingerprint density at radius 1 is 0.708 bits per heavy atom. The van der Waals surface area contributed by atoms with E-state index in [1.807, 2.05) is 0 Å². The Kier molecular flexibility index (Phi) is 7.51. The van der Waals surface area contributed by atoms with Gasteiger partial charge < -0.3 is 0 Å². The van der Waals surface area contributed by atoms with Crippen molar-refractivity contribution in [3.8, 4) is 0 Å². The van der Waals surface area contributed by atoms with E-state index >= 15 is 0 Å². The molecule has 0 aliphatic rings. The molecule has 0 amide bonds. The van der Waals surface area contributed by atoms with Gasteiger partial charge in [0.05, 0.1) is 0 Å². The summed E-state index contributed by atoms with van der Waals surface area (Å²) in [6.07, 6.45) is 0. The van der Waals surface area contributed by atoms with Gasteiger partial charge in [-0.05, 0) is 0 Å². The summed E-state index contributed by atoms with van der Waals surface area (Å²) in [5, 5.41) is 0. The first kappa shape index (κ1) is 20.1. The van der Waals surface area contributed by atoms with Crippen LogP contribution in [-0.2, 0) is 62.9 Å². The van der Waals surface area contributed by atoms with Crippen molar-refractivity contribution < 1.29 is 52.0 Å². The Morgan fingerprint density at radius 2 is 1.17 bits per heavy atom. The second kappa shape index (κ2) is 8.96. The van der Waals surface area contributed by atoms with Crippen molar-refractivity contribution >= 4 is 14.0 Å². The first-order valence-electron chi connectivity index (χ1n) is 7.77. The first-order valence-corrected chi connectivity index (χ1v) is 11.7. The number of hydrogen-bond donors (Lipinski definition) is 0. The Labute approximate surface area is 183 Å². The molecule has 0 nitrogen and oxygen atoms in total. The molecule has 0 fully saturated rings. The van der Waals surface area contributed by atoms with Crippen LogP contribution >= 0.6 is 0 Å². The summed E-state index contributed by atoms with van der Waals surface area (Å²) in [6, 6.07) is 26.1. The predicted octanol–water partition coefficient (Wildman–Crippen LogP) is 4.68. The maximum absolute atomic E-state index is 3.70. The first-order chi connectivity index (χ1) is 11.0. The van der Waals surface area contributed by atoms with E-state index in [9.17, 15) is 0 Å². The zero-order chi connectivity index (χ0) is 16.4. The molecular formula is C21H19HfHgS. The van der Waals surface area contributed by atoms with E-state index in [1.54, 1.807) is 0 Å². The van der Waals surface area contributed by atoms with Crippen LogP contribution in [0.25, 0.3) is 0 Å². The zero-order valence-electron chi connectivity index (χ0n) is 14.4. The summed E-state index contributed by atoms with van der Waals surface area (Å²) in [5.74, 6) is 0. The standard InChI is InChI=1S/C21H19S.Hf.Hg/c1-16-4-10-19(11-5-16)22(20-12-6-17(2)7-13-20)21-14-8-18(3)9-15-21;;/h4-8,10-14H,1-3H3;;. The van der Waals surface area contributed by atoms with Crippen LogP contribution in [0.4, 0.5) is 0 Å². The Hall–Kier alpha value is -0.185. The topological polar surface area (TPSA) is 0 Å². The van der Waals surface area contributed by atoms with Crippen LogP contribution in [0.5, 0.6) is 0 Å². The smallest absolute Gasteiger partial charge is 0 e. The molecule has 0 aromatic heterocycles. The van der Waals surface area contributed by atoms with Crippen molar-refractivity contribution in [3.05, 3.63) is 83.4 Å². The van der Waals surface area contributed by atoms with Crippen LogP contribution < -0.4 is 3.07 Å². The van der Waals surface area contributed by atoms with Crippen LogP contribution in [0.1, 0.15) is 16.7 Å². The van der Waals surface area contributed by atoms with Gasteiger partial charge in [0.15, 0.2) is 0 Å². The van der Waals surface area contributed by atoms with Crippen LogP contribution in [-0.4, -0.2) is 0 Å². The summed E-state index contributed by atoms with van der Waals surface area (Å²) in [7, 11) is -0.0742. The fourth-order valence-electron chi connectivity index (χ4n) is 2.45. The molecule has 0 atom stereocenters. The maximum Gasteiger partial charge on any atom is 0 e. The molecule has 3 heteroatoms. The number of benzene rings is 3. The molecule has 0 spiro atoms. The second-order valence-corrected chi connectivity index (χ2v) is 10.7. The van der Waals surface area contributed by atoms with E-state index in [1.165, 1.54) is 34.4 Å². The average Bonchev–Trinajstić information content (AvgIpc) is 2.55. The summed E-state index contributed by atoms with van der Waals surface area (Å²) in [6.45, 7) is 6.48. The molecule has 3 rings (SSSR count). The van der Waals surface area contributed by atoms with Gasteiger partial charge in [-0.2, -0.15) is 0 Å². The average molecular weight is 683 g/mol. The third-order valence-corrected chi connectivity index (χ3v) is 8.99. The van der Waals surface area contributed by atoms with Gasteiger partial charge in [-0.25, -0.2) is 0 Å². The molecule has 0 bridgehead atoms. The molecule has 0 radical (unpaired) electrons. The molecule has 0 saturated heterocycles. The van der Waals surface area contributed by atoms with E-state index in [-0.39, 0.29) is 36.7 Å². The van der Waals surface area contributed by atoms with E-state index in [2.05, 4.69) is 87.5 Å². The van der Waals surface area contributed by atoms with Crippen molar-refractivity contribution in [2.45, 2.75) is 35.5 Å². The van der Waals surface area contributed by atoms with Crippen LogP contribution in [0.2, 0.25) is 0 Å². The van der Waals surface area contributed by atoms with Crippen LogP contribution in [0.15, 0.2) is 75.4 Å². The fourth-order valence-corrected chi connectivity index (χ4v) is 6.17. The van der Waals surface area contributed by atoms with E-state index in [4.69, 9.17) is 0 Å². The third-order valence-electron chi connectivity index (χ3n) is 3.97. The Bertz CT molecular complexity index is 765. The SMILES string of the molecule is Cc1ccc([S+](c2[c-][c]([Hg])c(C)cc2)c2ccc(C)cc2)cc1.[Hf]. The van der Waals surface area contributed by atoms with Crippen molar-refractivity contribution in [2.75, 3.05) is 0 Å². The van der Waals surface area contributed by atoms with Gasteiger partial charge >= 0.3 is 159 Å². The van der Waals surface area contributed by atoms with Crippen molar-refractivity contribution in [3.63, 3.8) is 0 Å². The van der Waals surface area contributed by atoms with Gasteiger partial charge in [-0.3, -0.25) is 0 Å². The largest absolute Gasteiger partial charge is 0 e. The van der Waals surface area contributed by atoms with E-state index in [0.29, 0.717) is 26.1 Å². The molecule has 3 aromatic rings. The molecule has 0 N–H and O–H groups in total. The number of hydrogen-bond acceptors (Lipinski definition) is 0. The number of aryl methyl sites for hydroxylation is 3. The predicted molar refractivity (Wildman–Crippen MR) is 94.2 cm³/mol. The van der Waals surface area contributed by atoms with Gasteiger partial charge in [-0.1, -0.05) is 0 Å². The van der Waals surface area contributed by atoms with Crippen molar-refractivity contribution in [1.29, 1.82) is 0 Å². The monoisotopic (exact) mass is 685 g/mol. The molecule has 0 saturated carbocycles. The molecule has 0 heterocycles. The van der Waals surface area contributed by atoms with Gasteiger partial charge in [0.25, 0.3) is 0 Å². The molecular weight excluding hydrogens is 663 g/mol. The van der Waals surface area contributed by atoms with Gasteiger partial charge in [0.1, 0.15) is 0 Å². The minimum Gasteiger partial charge on any atom is 0 e. The quantitative estimate of drug-likeness (QED) is 0.214. The maximum atomic E-state index is 3.70. The van der Waals surface area contributed by atoms with Crippen LogP contribution in [0.3, 0.4) is 0 Å². The zero-order valence-corrected chi connectivity index (χ0v) is 24.3. The molecule has 24 heavy (non-hydrogen) atoms. The van der Waals surface area contributed by atoms with Gasteiger partial charge in [-0.15, -0.1) is 0 Å². The molecule has 0 aliphatic heterocycles. The summed E-state index contributed by atoms with van der Waals surface area (Å²) >= 11 is 0.600. The fraction of sp³-hybridized carbons (Fsp3) is 0.143. The molecule has 3 aromatic carbocycles. The molecule has 115 valence electrons. The summed E-state index contributed by atoms with van der Waals surface area (Å²) in [5.41, 5.74) is 4.00. The van der Waals surface area contributed by atoms with Gasteiger partial charge in [0, 0.05) is 25.8 Å². The van der Waals surface area contributed by atoms with Crippen molar-refractivity contribution in [1.82, 2.24) is 0 Å². The molecule has 0 unspecified atom stereocenters. The van der Waals surface area contributed by atoms with E-state index < -0.39 is 0 Å². The summed E-state index contributed by atoms with van der Waals surface area (Å²) < 4.78 is 1.43. The Morgan fingerprint density at radius 3 is 1.58 bits per heavy atom. The Balaban J connectivity index is 0.00000208. The van der Waals surface area contributed by atoms with Crippen LogP contribution in [0, 0.1) is 26.8 Å². The molecule has 0 aliphatic carbocycles. The minimum absolute atomic E-state index is 0. The van der Waals surface area contributed by atoms with E-state index in [0.717, 1.165) is 0 Å². The minimum atomic E-state index is -0.0742. The van der Waals surface area contributed by atoms with Crippen molar-refractivity contribution in [2.24, 2.45) is 0 Å². The number of rotatable bonds is 3. The second-order valence-electron chi connectivity index (χ2n) is 5.92. The normalized spacial score (nSPS) is 10.6. The summed E-state index contributed by atoms with van der Waals surface area (Å²) in [4.78, 5) is 4.05. The van der Waals surface area contributed by atoms with Gasteiger partial charge in [0.2, 0.25) is 0 Å². The third kappa shape index (κ3) is 4.71.